The lowest BCUT2D eigenvalue weighted by Gasteiger charge is -2.08. The number of nitriles is 1. The molecule has 4 heteroatoms. The molecule has 0 aliphatic rings. The van der Waals surface area contributed by atoms with Crippen molar-refractivity contribution in [3.05, 3.63) is 35.3 Å². The van der Waals surface area contributed by atoms with Crippen LogP contribution in [0.3, 0.4) is 0 Å². The van der Waals surface area contributed by atoms with Crippen molar-refractivity contribution in [3.63, 3.8) is 0 Å². The predicted molar refractivity (Wildman–Crippen MR) is 69.4 cm³/mol. The molecule has 0 spiro atoms. The van der Waals surface area contributed by atoms with Crippen LogP contribution in [0.1, 0.15) is 24.0 Å². The van der Waals surface area contributed by atoms with Crippen LogP contribution in [0.2, 0.25) is 0 Å². The molecule has 1 heterocycles. The molecule has 0 aliphatic carbocycles. The first kappa shape index (κ1) is 12.2. The van der Waals surface area contributed by atoms with E-state index in [1.807, 2.05) is 39.0 Å². The minimum absolute atomic E-state index is 0.427. The molecule has 2 aromatic rings. The molecule has 0 saturated carbocycles. The summed E-state index contributed by atoms with van der Waals surface area (Å²) in [5.74, 6) is 1.61. The molecule has 4 nitrogen and oxygen atoms in total. The molecule has 0 unspecified atom stereocenters. The van der Waals surface area contributed by atoms with E-state index in [1.165, 1.54) is 0 Å². The fourth-order valence-corrected chi connectivity index (χ4v) is 1.90. The van der Waals surface area contributed by atoms with Crippen LogP contribution in [0.5, 0.6) is 5.75 Å². The molecule has 0 fully saturated rings. The van der Waals surface area contributed by atoms with Gasteiger partial charge in [-0.15, -0.1) is 0 Å². The van der Waals surface area contributed by atoms with E-state index in [1.54, 1.807) is 0 Å². The van der Waals surface area contributed by atoms with E-state index in [0.717, 1.165) is 28.4 Å². The molecule has 0 aliphatic heterocycles. The van der Waals surface area contributed by atoms with Crippen molar-refractivity contribution < 1.29 is 4.74 Å². The summed E-state index contributed by atoms with van der Waals surface area (Å²) in [7, 11) is 0. The lowest BCUT2D eigenvalue weighted by Crippen LogP contribution is -1.94. The number of H-pyrrole nitrogens is 1. The second-order valence-electron chi connectivity index (χ2n) is 4.07. The first-order chi connectivity index (χ1) is 8.65. The third kappa shape index (κ3) is 2.21. The summed E-state index contributed by atoms with van der Waals surface area (Å²) in [5, 5.41) is 9.04. The van der Waals surface area contributed by atoms with Gasteiger partial charge < -0.3 is 9.72 Å². The Morgan fingerprint density at radius 2 is 2.17 bits per heavy atom. The third-order valence-electron chi connectivity index (χ3n) is 2.69. The number of benzene rings is 1. The number of hydrogen-bond donors (Lipinski definition) is 1. The number of ether oxygens (including phenoxy) is 1. The third-order valence-corrected chi connectivity index (χ3v) is 2.69. The quantitative estimate of drug-likeness (QED) is 0.898. The SMILES string of the molecule is CCOc1ccc(-c2[nH]c(C)nc2C#N)cc1C. The van der Waals surface area contributed by atoms with Crippen LogP contribution in [0.25, 0.3) is 11.3 Å². The van der Waals surface area contributed by atoms with Crippen LogP contribution < -0.4 is 4.74 Å². The van der Waals surface area contributed by atoms with E-state index in [0.29, 0.717) is 12.3 Å². The summed E-state index contributed by atoms with van der Waals surface area (Å²) in [6, 6.07) is 7.96. The molecule has 0 radical (unpaired) electrons. The maximum atomic E-state index is 9.04. The molecule has 0 saturated heterocycles. The smallest absolute Gasteiger partial charge is 0.166 e. The van der Waals surface area contributed by atoms with Gasteiger partial charge in [0.1, 0.15) is 17.6 Å². The minimum atomic E-state index is 0.427. The highest BCUT2D eigenvalue weighted by molar-refractivity contribution is 5.67. The Kier molecular flexibility index (Phi) is 3.33. The first-order valence-corrected chi connectivity index (χ1v) is 5.86. The number of aromatic amines is 1. The molecule has 1 N–H and O–H groups in total. The van der Waals surface area contributed by atoms with Gasteiger partial charge in [0, 0.05) is 5.56 Å². The van der Waals surface area contributed by atoms with Crippen molar-refractivity contribution in [2.45, 2.75) is 20.8 Å². The summed E-state index contributed by atoms with van der Waals surface area (Å²) in [6.45, 7) is 6.43. The zero-order chi connectivity index (χ0) is 13.1. The number of rotatable bonds is 3. The molecule has 0 bridgehead atoms. The minimum Gasteiger partial charge on any atom is -0.494 e. The van der Waals surface area contributed by atoms with Crippen molar-refractivity contribution in [3.8, 4) is 23.1 Å². The Balaban J connectivity index is 2.46. The Morgan fingerprint density at radius 3 is 2.78 bits per heavy atom. The van der Waals surface area contributed by atoms with Crippen LogP contribution in [-0.2, 0) is 0 Å². The number of imidazole rings is 1. The predicted octanol–water partition coefficient (Wildman–Crippen LogP) is 2.96. The molecule has 0 atom stereocenters. The molecule has 2 rings (SSSR count). The second-order valence-corrected chi connectivity index (χ2v) is 4.07. The number of aryl methyl sites for hydroxylation is 2. The van der Waals surface area contributed by atoms with Gasteiger partial charge in [-0.05, 0) is 44.5 Å². The van der Waals surface area contributed by atoms with E-state index in [9.17, 15) is 0 Å². The lowest BCUT2D eigenvalue weighted by molar-refractivity contribution is 0.338. The average Bonchev–Trinajstić information content (AvgIpc) is 2.73. The number of hydrogen-bond acceptors (Lipinski definition) is 3. The Morgan fingerprint density at radius 1 is 1.39 bits per heavy atom. The van der Waals surface area contributed by atoms with E-state index < -0.39 is 0 Å². The molecular formula is C14H15N3O. The highest BCUT2D eigenvalue weighted by Gasteiger charge is 2.11. The Hall–Kier alpha value is -2.28. The molecule has 0 amide bonds. The Labute approximate surface area is 106 Å². The highest BCUT2D eigenvalue weighted by atomic mass is 16.5. The van der Waals surface area contributed by atoms with Gasteiger partial charge in [0.2, 0.25) is 0 Å². The second kappa shape index (κ2) is 4.92. The zero-order valence-electron chi connectivity index (χ0n) is 10.7. The maximum absolute atomic E-state index is 9.04. The summed E-state index contributed by atoms with van der Waals surface area (Å²) >= 11 is 0. The van der Waals surface area contributed by atoms with Gasteiger partial charge >= 0.3 is 0 Å². The van der Waals surface area contributed by atoms with Crippen molar-refractivity contribution in [2.75, 3.05) is 6.61 Å². The summed E-state index contributed by atoms with van der Waals surface area (Å²) in [4.78, 5) is 7.26. The summed E-state index contributed by atoms with van der Waals surface area (Å²) in [5.41, 5.74) is 3.19. The fraction of sp³-hybridized carbons (Fsp3) is 0.286. The summed E-state index contributed by atoms with van der Waals surface area (Å²) in [6.07, 6.45) is 0. The Bertz CT molecular complexity index is 608. The van der Waals surface area contributed by atoms with Gasteiger partial charge in [-0.25, -0.2) is 4.98 Å². The molecule has 1 aromatic heterocycles. The van der Waals surface area contributed by atoms with E-state index in [-0.39, 0.29) is 0 Å². The topological polar surface area (TPSA) is 61.7 Å². The van der Waals surface area contributed by atoms with Crippen LogP contribution in [0, 0.1) is 25.2 Å². The fourth-order valence-electron chi connectivity index (χ4n) is 1.90. The van der Waals surface area contributed by atoms with E-state index in [2.05, 4.69) is 16.0 Å². The van der Waals surface area contributed by atoms with Crippen molar-refractivity contribution in [2.24, 2.45) is 0 Å². The van der Waals surface area contributed by atoms with E-state index >= 15 is 0 Å². The molecule has 18 heavy (non-hydrogen) atoms. The van der Waals surface area contributed by atoms with Crippen LogP contribution in [0.15, 0.2) is 18.2 Å². The number of nitrogens with zero attached hydrogens (tertiary/aromatic N) is 2. The highest BCUT2D eigenvalue weighted by Crippen LogP contribution is 2.27. The summed E-state index contributed by atoms with van der Waals surface area (Å²) < 4.78 is 5.50. The van der Waals surface area contributed by atoms with E-state index in [4.69, 9.17) is 10.00 Å². The van der Waals surface area contributed by atoms with Gasteiger partial charge in [-0.3, -0.25) is 0 Å². The zero-order valence-corrected chi connectivity index (χ0v) is 10.7. The first-order valence-electron chi connectivity index (χ1n) is 5.86. The van der Waals surface area contributed by atoms with Crippen LogP contribution in [0.4, 0.5) is 0 Å². The number of aromatic nitrogens is 2. The van der Waals surface area contributed by atoms with Crippen molar-refractivity contribution >= 4 is 0 Å². The lowest BCUT2D eigenvalue weighted by atomic mass is 10.1. The van der Waals surface area contributed by atoms with Gasteiger partial charge in [0.15, 0.2) is 5.69 Å². The maximum Gasteiger partial charge on any atom is 0.166 e. The van der Waals surface area contributed by atoms with Gasteiger partial charge in [-0.1, -0.05) is 0 Å². The van der Waals surface area contributed by atoms with Gasteiger partial charge in [0.25, 0.3) is 0 Å². The molecule has 1 aromatic carbocycles. The van der Waals surface area contributed by atoms with Crippen LogP contribution in [-0.4, -0.2) is 16.6 Å². The van der Waals surface area contributed by atoms with Crippen molar-refractivity contribution in [1.29, 1.82) is 5.26 Å². The molecular weight excluding hydrogens is 226 g/mol. The molecule has 92 valence electrons. The monoisotopic (exact) mass is 241 g/mol. The standard InChI is InChI=1S/C14H15N3O/c1-4-18-13-6-5-11(7-9(13)2)14-12(8-15)16-10(3)17-14/h5-7H,4H2,1-3H3,(H,16,17). The van der Waals surface area contributed by atoms with Crippen molar-refractivity contribution in [1.82, 2.24) is 9.97 Å². The normalized spacial score (nSPS) is 10.1. The van der Waals surface area contributed by atoms with Gasteiger partial charge in [0.05, 0.1) is 12.3 Å². The average molecular weight is 241 g/mol. The number of nitrogens with one attached hydrogen (secondary N) is 1. The van der Waals surface area contributed by atoms with Crippen LogP contribution >= 0.6 is 0 Å². The largest absolute Gasteiger partial charge is 0.494 e. The van der Waals surface area contributed by atoms with Gasteiger partial charge in [-0.2, -0.15) is 5.26 Å².